The van der Waals surface area contributed by atoms with Crippen LogP contribution < -0.4 is 5.32 Å². The first-order valence-corrected chi connectivity index (χ1v) is 8.39. The van der Waals surface area contributed by atoms with Gasteiger partial charge in [-0.25, -0.2) is 4.79 Å². The van der Waals surface area contributed by atoms with Gasteiger partial charge in [-0.1, -0.05) is 17.3 Å². The van der Waals surface area contributed by atoms with Crippen LogP contribution in [0.1, 0.15) is 28.7 Å². The van der Waals surface area contributed by atoms with E-state index in [0.29, 0.717) is 28.5 Å². The number of rotatable bonds is 5. The smallest absolute Gasteiger partial charge is 0.338 e. The summed E-state index contributed by atoms with van der Waals surface area (Å²) < 4.78 is 10.3. The lowest BCUT2D eigenvalue weighted by Crippen LogP contribution is -2.30. The largest absolute Gasteiger partial charge is 0.449 e. The number of amides is 1. The summed E-state index contributed by atoms with van der Waals surface area (Å²) in [6.45, 7) is 3.16. The van der Waals surface area contributed by atoms with E-state index in [0.717, 1.165) is 0 Å². The van der Waals surface area contributed by atoms with Crippen molar-refractivity contribution >= 4 is 17.6 Å². The molecule has 8 heteroatoms. The van der Waals surface area contributed by atoms with E-state index in [9.17, 15) is 9.59 Å². The van der Waals surface area contributed by atoms with Gasteiger partial charge < -0.3 is 14.6 Å². The average Bonchev–Trinajstić information content (AvgIpc) is 3.14. The fourth-order valence-corrected chi connectivity index (χ4v) is 2.37. The molecule has 1 amide bonds. The first-order valence-electron chi connectivity index (χ1n) is 8.39. The molecule has 0 spiro atoms. The van der Waals surface area contributed by atoms with E-state index < -0.39 is 18.0 Å². The van der Waals surface area contributed by atoms with Crippen molar-refractivity contribution in [2.45, 2.75) is 20.0 Å². The highest BCUT2D eigenvalue weighted by Crippen LogP contribution is 2.19. The highest BCUT2D eigenvalue weighted by molar-refractivity contribution is 5.98. The first kappa shape index (κ1) is 18.8. The number of hydrogen-bond donors (Lipinski definition) is 1. The van der Waals surface area contributed by atoms with E-state index in [4.69, 9.17) is 14.5 Å². The number of aromatic nitrogens is 2. The fraction of sp³-hybridized carbons (Fsp3) is 0.150. The van der Waals surface area contributed by atoms with Crippen LogP contribution in [-0.4, -0.2) is 28.1 Å². The van der Waals surface area contributed by atoms with Gasteiger partial charge in [0.15, 0.2) is 11.9 Å². The number of para-hydroxylation sites is 1. The van der Waals surface area contributed by atoms with Crippen molar-refractivity contribution < 1.29 is 18.8 Å². The van der Waals surface area contributed by atoms with Crippen molar-refractivity contribution in [1.29, 1.82) is 5.26 Å². The Labute approximate surface area is 160 Å². The normalized spacial score (nSPS) is 11.3. The van der Waals surface area contributed by atoms with Crippen molar-refractivity contribution in [2.24, 2.45) is 0 Å². The summed E-state index contributed by atoms with van der Waals surface area (Å²) in [6, 6.07) is 15.0. The van der Waals surface area contributed by atoms with Crippen LogP contribution in [0.3, 0.4) is 0 Å². The van der Waals surface area contributed by atoms with E-state index in [1.807, 2.05) is 6.07 Å². The van der Waals surface area contributed by atoms with Crippen LogP contribution in [0.2, 0.25) is 0 Å². The molecular formula is C20H16N4O4. The molecule has 0 aliphatic rings. The molecule has 0 bridgehead atoms. The molecule has 3 rings (SSSR count). The molecule has 2 aromatic carbocycles. The molecule has 1 N–H and O–H groups in total. The van der Waals surface area contributed by atoms with Gasteiger partial charge in [0.05, 0.1) is 16.8 Å². The molecule has 0 aliphatic carbocycles. The Morgan fingerprint density at radius 3 is 2.54 bits per heavy atom. The number of ether oxygens (including phenoxy) is 1. The Balaban J connectivity index is 1.63. The lowest BCUT2D eigenvalue weighted by atomic mass is 10.1. The summed E-state index contributed by atoms with van der Waals surface area (Å²) in [5.74, 6) is -0.323. The molecule has 28 heavy (non-hydrogen) atoms. The summed E-state index contributed by atoms with van der Waals surface area (Å²) in [4.78, 5) is 28.7. The van der Waals surface area contributed by atoms with Crippen LogP contribution in [0, 0.1) is 18.3 Å². The van der Waals surface area contributed by atoms with Gasteiger partial charge in [0.1, 0.15) is 6.07 Å². The summed E-state index contributed by atoms with van der Waals surface area (Å²) in [5.41, 5.74) is 1.62. The van der Waals surface area contributed by atoms with Gasteiger partial charge in [-0.2, -0.15) is 10.2 Å². The highest BCUT2D eigenvalue weighted by Gasteiger charge is 2.20. The number of benzene rings is 2. The van der Waals surface area contributed by atoms with Gasteiger partial charge in [0.25, 0.3) is 11.8 Å². The van der Waals surface area contributed by atoms with Crippen LogP contribution >= 0.6 is 0 Å². The molecule has 0 fully saturated rings. The third kappa shape index (κ3) is 4.22. The summed E-state index contributed by atoms with van der Waals surface area (Å²) >= 11 is 0. The molecule has 0 saturated heterocycles. The Bertz CT molecular complexity index is 1050. The zero-order valence-electron chi connectivity index (χ0n) is 15.2. The van der Waals surface area contributed by atoms with Crippen LogP contribution in [-0.2, 0) is 9.53 Å². The summed E-state index contributed by atoms with van der Waals surface area (Å²) in [6.07, 6.45) is -1.04. The van der Waals surface area contributed by atoms with Crippen molar-refractivity contribution in [3.05, 3.63) is 65.5 Å². The van der Waals surface area contributed by atoms with Crippen molar-refractivity contribution in [3.8, 4) is 17.5 Å². The quantitative estimate of drug-likeness (QED) is 0.680. The fourth-order valence-electron chi connectivity index (χ4n) is 2.37. The Morgan fingerprint density at radius 1 is 1.18 bits per heavy atom. The third-order valence-corrected chi connectivity index (χ3v) is 3.85. The zero-order valence-corrected chi connectivity index (χ0v) is 15.2. The van der Waals surface area contributed by atoms with Crippen molar-refractivity contribution in [1.82, 2.24) is 10.1 Å². The molecule has 0 saturated carbocycles. The second-order valence-electron chi connectivity index (χ2n) is 5.92. The predicted molar refractivity (Wildman–Crippen MR) is 99.1 cm³/mol. The van der Waals surface area contributed by atoms with Crippen LogP contribution in [0.4, 0.5) is 5.69 Å². The number of carbonyl (C=O) groups excluding carboxylic acids is 2. The number of anilines is 1. The Kier molecular flexibility index (Phi) is 5.46. The highest BCUT2D eigenvalue weighted by atomic mass is 16.5. The molecule has 1 aromatic heterocycles. The van der Waals surface area contributed by atoms with Gasteiger partial charge in [0.2, 0.25) is 0 Å². The van der Waals surface area contributed by atoms with Gasteiger partial charge in [0, 0.05) is 5.56 Å². The van der Waals surface area contributed by atoms with Crippen LogP contribution in [0.15, 0.2) is 53.1 Å². The van der Waals surface area contributed by atoms with Gasteiger partial charge >= 0.3 is 5.97 Å². The topological polar surface area (TPSA) is 118 Å². The molecule has 0 radical (unpaired) electrons. The minimum atomic E-state index is -1.04. The standard InChI is InChI=1S/C20H16N4O4/c1-12(18(25)23-17-6-4-3-5-16(17)11-21)27-20(26)15-9-7-14(8-10-15)19-22-13(2)24-28-19/h3-10,12H,1-2H3,(H,23,25). The summed E-state index contributed by atoms with van der Waals surface area (Å²) in [7, 11) is 0. The lowest BCUT2D eigenvalue weighted by Gasteiger charge is -2.14. The van der Waals surface area contributed by atoms with Crippen molar-refractivity contribution in [2.75, 3.05) is 5.32 Å². The number of nitrogens with one attached hydrogen (secondary N) is 1. The van der Waals surface area contributed by atoms with Crippen LogP contribution in [0.25, 0.3) is 11.5 Å². The molecule has 1 heterocycles. The van der Waals surface area contributed by atoms with E-state index >= 15 is 0 Å². The molecular weight excluding hydrogens is 360 g/mol. The minimum Gasteiger partial charge on any atom is -0.449 e. The first-order chi connectivity index (χ1) is 13.5. The Morgan fingerprint density at radius 2 is 1.89 bits per heavy atom. The SMILES string of the molecule is Cc1noc(-c2ccc(C(=O)OC(C)C(=O)Nc3ccccc3C#N)cc2)n1. The monoisotopic (exact) mass is 376 g/mol. The van der Waals surface area contributed by atoms with Crippen molar-refractivity contribution in [3.63, 3.8) is 0 Å². The second-order valence-corrected chi connectivity index (χ2v) is 5.92. The Hall–Kier alpha value is -3.99. The maximum absolute atomic E-state index is 12.3. The number of nitriles is 1. The number of nitrogens with zero attached hydrogens (tertiary/aromatic N) is 3. The van der Waals surface area contributed by atoms with E-state index in [2.05, 4.69) is 15.5 Å². The lowest BCUT2D eigenvalue weighted by molar-refractivity contribution is -0.123. The van der Waals surface area contributed by atoms with Crippen LogP contribution in [0.5, 0.6) is 0 Å². The molecule has 1 unspecified atom stereocenters. The van der Waals surface area contributed by atoms with E-state index in [-0.39, 0.29) is 5.56 Å². The molecule has 3 aromatic rings. The number of aryl methyl sites for hydroxylation is 1. The number of hydrogen-bond acceptors (Lipinski definition) is 7. The maximum atomic E-state index is 12.3. The van der Waals surface area contributed by atoms with E-state index in [1.54, 1.807) is 55.5 Å². The second kappa shape index (κ2) is 8.14. The minimum absolute atomic E-state index is 0.275. The summed E-state index contributed by atoms with van der Waals surface area (Å²) in [5, 5.41) is 15.4. The third-order valence-electron chi connectivity index (χ3n) is 3.85. The number of carbonyl (C=O) groups is 2. The zero-order chi connectivity index (χ0) is 20.1. The molecule has 140 valence electrons. The molecule has 1 atom stereocenters. The predicted octanol–water partition coefficient (Wildman–Crippen LogP) is 3.10. The average molecular weight is 376 g/mol. The molecule has 0 aliphatic heterocycles. The van der Waals surface area contributed by atoms with E-state index in [1.165, 1.54) is 6.92 Å². The molecule has 8 nitrogen and oxygen atoms in total. The van der Waals surface area contributed by atoms with Gasteiger partial charge in [-0.05, 0) is 50.2 Å². The maximum Gasteiger partial charge on any atom is 0.338 e. The van der Waals surface area contributed by atoms with Gasteiger partial charge in [-0.15, -0.1) is 0 Å². The van der Waals surface area contributed by atoms with Gasteiger partial charge in [-0.3, -0.25) is 4.79 Å². The number of esters is 1.